The molecule has 0 aliphatic carbocycles. The minimum absolute atomic E-state index is 0.475. The normalized spacial score (nSPS) is 10.7. The van der Waals surface area contributed by atoms with Crippen LogP contribution < -0.4 is 0 Å². The van der Waals surface area contributed by atoms with Gasteiger partial charge in [-0.1, -0.05) is 18.2 Å². The molecule has 0 N–H and O–H groups in total. The van der Waals surface area contributed by atoms with Gasteiger partial charge in [-0.3, -0.25) is 9.78 Å². The van der Waals surface area contributed by atoms with Crippen LogP contribution in [0.3, 0.4) is 0 Å². The van der Waals surface area contributed by atoms with E-state index in [1.54, 1.807) is 6.20 Å². The SMILES string of the molecule is Cn1c(-c2cccnc2C=O)cc2ccccc21. The summed E-state index contributed by atoms with van der Waals surface area (Å²) in [6.07, 6.45) is 2.43. The first-order valence-electron chi connectivity index (χ1n) is 5.76. The van der Waals surface area contributed by atoms with Crippen molar-refractivity contribution >= 4 is 17.2 Å². The van der Waals surface area contributed by atoms with E-state index in [0.29, 0.717) is 5.69 Å². The van der Waals surface area contributed by atoms with Gasteiger partial charge in [0.05, 0.1) is 5.69 Å². The zero-order valence-electron chi connectivity index (χ0n) is 10.00. The van der Waals surface area contributed by atoms with Crippen LogP contribution in [0.4, 0.5) is 0 Å². The Morgan fingerprint density at radius 3 is 2.78 bits per heavy atom. The van der Waals surface area contributed by atoms with E-state index in [4.69, 9.17) is 0 Å². The summed E-state index contributed by atoms with van der Waals surface area (Å²) in [6.45, 7) is 0. The maximum absolute atomic E-state index is 11.1. The van der Waals surface area contributed by atoms with Crippen LogP contribution in [0.25, 0.3) is 22.2 Å². The summed E-state index contributed by atoms with van der Waals surface area (Å²) in [6, 6.07) is 14.0. The van der Waals surface area contributed by atoms with Crippen molar-refractivity contribution in [3.63, 3.8) is 0 Å². The Bertz CT molecular complexity index is 728. The molecule has 0 unspecified atom stereocenters. The maximum Gasteiger partial charge on any atom is 0.169 e. The van der Waals surface area contributed by atoms with Crippen molar-refractivity contribution in [2.45, 2.75) is 0 Å². The number of carbonyl (C=O) groups excluding carboxylic acids is 1. The summed E-state index contributed by atoms with van der Waals surface area (Å²) in [5.74, 6) is 0. The van der Waals surface area contributed by atoms with Crippen molar-refractivity contribution in [3.8, 4) is 11.3 Å². The Hall–Kier alpha value is -2.42. The smallest absolute Gasteiger partial charge is 0.169 e. The number of nitrogens with zero attached hydrogens (tertiary/aromatic N) is 2. The average Bonchev–Trinajstić information content (AvgIpc) is 2.76. The van der Waals surface area contributed by atoms with Crippen LogP contribution in [0.5, 0.6) is 0 Å². The highest BCUT2D eigenvalue weighted by molar-refractivity contribution is 5.91. The number of fused-ring (bicyclic) bond motifs is 1. The Balaban J connectivity index is 2.32. The molecule has 3 rings (SSSR count). The third-order valence-electron chi connectivity index (χ3n) is 3.18. The van der Waals surface area contributed by atoms with Crippen LogP contribution in [0, 0.1) is 0 Å². The largest absolute Gasteiger partial charge is 0.344 e. The van der Waals surface area contributed by atoms with Crippen LogP contribution in [-0.4, -0.2) is 15.8 Å². The van der Waals surface area contributed by atoms with E-state index >= 15 is 0 Å². The first-order chi connectivity index (χ1) is 8.81. The van der Waals surface area contributed by atoms with Crippen molar-refractivity contribution in [3.05, 3.63) is 54.4 Å². The lowest BCUT2D eigenvalue weighted by Crippen LogP contribution is -1.96. The quantitative estimate of drug-likeness (QED) is 0.641. The number of hydrogen-bond acceptors (Lipinski definition) is 2. The summed E-state index contributed by atoms with van der Waals surface area (Å²) in [4.78, 5) is 15.2. The minimum Gasteiger partial charge on any atom is -0.344 e. The lowest BCUT2D eigenvalue weighted by molar-refractivity contribution is 0.111. The van der Waals surface area contributed by atoms with E-state index in [2.05, 4.69) is 27.8 Å². The van der Waals surface area contributed by atoms with Crippen LogP contribution in [0.2, 0.25) is 0 Å². The molecule has 3 heteroatoms. The van der Waals surface area contributed by atoms with Crippen molar-refractivity contribution in [2.24, 2.45) is 7.05 Å². The molecule has 0 atom stereocenters. The highest BCUT2D eigenvalue weighted by atomic mass is 16.1. The van der Waals surface area contributed by atoms with E-state index in [1.165, 1.54) is 0 Å². The van der Waals surface area contributed by atoms with E-state index in [1.807, 2.05) is 31.3 Å². The molecule has 0 amide bonds. The van der Waals surface area contributed by atoms with Gasteiger partial charge in [-0.2, -0.15) is 0 Å². The zero-order chi connectivity index (χ0) is 12.5. The van der Waals surface area contributed by atoms with Crippen LogP contribution in [0.15, 0.2) is 48.7 Å². The molecule has 0 saturated heterocycles. The fourth-order valence-electron chi connectivity index (χ4n) is 2.28. The fourth-order valence-corrected chi connectivity index (χ4v) is 2.28. The standard InChI is InChI=1S/C15H12N2O/c1-17-14-7-3-2-5-11(14)9-15(17)12-6-4-8-16-13(12)10-18/h2-10H,1H3. The minimum atomic E-state index is 0.475. The van der Waals surface area contributed by atoms with Crippen LogP contribution in [-0.2, 0) is 7.05 Å². The Labute approximate surface area is 105 Å². The molecule has 0 aliphatic heterocycles. The third kappa shape index (κ3) is 1.52. The van der Waals surface area contributed by atoms with Gasteiger partial charge in [0.15, 0.2) is 6.29 Å². The van der Waals surface area contributed by atoms with Crippen molar-refractivity contribution < 1.29 is 4.79 Å². The van der Waals surface area contributed by atoms with E-state index in [9.17, 15) is 4.79 Å². The second-order valence-corrected chi connectivity index (χ2v) is 4.20. The molecule has 0 radical (unpaired) electrons. The number of rotatable bonds is 2. The van der Waals surface area contributed by atoms with E-state index in [0.717, 1.165) is 28.4 Å². The van der Waals surface area contributed by atoms with Crippen molar-refractivity contribution in [1.29, 1.82) is 0 Å². The first-order valence-corrected chi connectivity index (χ1v) is 5.76. The van der Waals surface area contributed by atoms with Crippen molar-refractivity contribution in [1.82, 2.24) is 9.55 Å². The molecule has 2 heterocycles. The topological polar surface area (TPSA) is 34.9 Å². The predicted octanol–water partition coefficient (Wildman–Crippen LogP) is 3.05. The third-order valence-corrected chi connectivity index (χ3v) is 3.18. The lowest BCUT2D eigenvalue weighted by Gasteiger charge is -2.05. The zero-order valence-corrected chi connectivity index (χ0v) is 10.00. The van der Waals surface area contributed by atoms with E-state index in [-0.39, 0.29) is 0 Å². The molecule has 0 aliphatic rings. The molecule has 3 aromatic rings. The second kappa shape index (κ2) is 4.11. The second-order valence-electron chi connectivity index (χ2n) is 4.20. The van der Waals surface area contributed by atoms with Crippen LogP contribution in [0.1, 0.15) is 10.5 Å². The monoisotopic (exact) mass is 236 g/mol. The number of hydrogen-bond donors (Lipinski definition) is 0. The van der Waals surface area contributed by atoms with Gasteiger partial charge >= 0.3 is 0 Å². The maximum atomic E-state index is 11.1. The highest BCUT2D eigenvalue weighted by Gasteiger charge is 2.11. The molecule has 0 spiro atoms. The van der Waals surface area contributed by atoms with Gasteiger partial charge in [0.25, 0.3) is 0 Å². The molecule has 1 aromatic carbocycles. The van der Waals surface area contributed by atoms with Gasteiger partial charge in [0.2, 0.25) is 0 Å². The summed E-state index contributed by atoms with van der Waals surface area (Å²) < 4.78 is 2.08. The Kier molecular flexibility index (Phi) is 2.45. The Morgan fingerprint density at radius 1 is 1.17 bits per heavy atom. The molecule has 0 fully saturated rings. The summed E-state index contributed by atoms with van der Waals surface area (Å²) in [7, 11) is 2.00. The van der Waals surface area contributed by atoms with E-state index < -0.39 is 0 Å². The molecule has 0 saturated carbocycles. The number of pyridine rings is 1. The van der Waals surface area contributed by atoms with Gasteiger partial charge in [-0.15, -0.1) is 0 Å². The molecule has 18 heavy (non-hydrogen) atoms. The number of aldehydes is 1. The molecule has 0 bridgehead atoms. The lowest BCUT2D eigenvalue weighted by atomic mass is 10.1. The van der Waals surface area contributed by atoms with Gasteiger partial charge in [0, 0.05) is 29.7 Å². The van der Waals surface area contributed by atoms with Gasteiger partial charge in [0.1, 0.15) is 5.69 Å². The highest BCUT2D eigenvalue weighted by Crippen LogP contribution is 2.27. The number of benzene rings is 1. The molecule has 2 aromatic heterocycles. The molecular weight excluding hydrogens is 224 g/mol. The van der Waals surface area contributed by atoms with Crippen LogP contribution >= 0.6 is 0 Å². The number of carbonyl (C=O) groups is 1. The average molecular weight is 236 g/mol. The Morgan fingerprint density at radius 2 is 2.00 bits per heavy atom. The molecule has 88 valence electrons. The van der Waals surface area contributed by atoms with Gasteiger partial charge in [-0.25, -0.2) is 0 Å². The van der Waals surface area contributed by atoms with Gasteiger partial charge in [-0.05, 0) is 24.3 Å². The summed E-state index contributed by atoms with van der Waals surface area (Å²) in [5, 5.41) is 1.16. The summed E-state index contributed by atoms with van der Waals surface area (Å²) >= 11 is 0. The first kappa shape index (κ1) is 10.7. The predicted molar refractivity (Wildman–Crippen MR) is 71.5 cm³/mol. The summed E-state index contributed by atoms with van der Waals surface area (Å²) in [5.41, 5.74) is 3.49. The number of aromatic nitrogens is 2. The van der Waals surface area contributed by atoms with Gasteiger partial charge < -0.3 is 4.57 Å². The number of para-hydroxylation sites is 1. The number of aryl methyl sites for hydroxylation is 1. The molecular formula is C15H12N2O. The van der Waals surface area contributed by atoms with Crippen molar-refractivity contribution in [2.75, 3.05) is 0 Å². The fraction of sp³-hybridized carbons (Fsp3) is 0.0667. The molecule has 3 nitrogen and oxygen atoms in total.